The van der Waals surface area contributed by atoms with Gasteiger partial charge in [-0.25, -0.2) is 0 Å². The molecule has 0 saturated heterocycles. The first-order valence-corrected chi connectivity index (χ1v) is 6.91. The lowest BCUT2D eigenvalue weighted by atomic mass is 10.1. The molecule has 3 rings (SSSR count). The van der Waals surface area contributed by atoms with Gasteiger partial charge in [-0.1, -0.05) is 12.1 Å². The summed E-state index contributed by atoms with van der Waals surface area (Å²) in [5.41, 5.74) is 9.40. The number of nitrogen functional groups attached to an aromatic ring is 1. The number of nitrogens with zero attached hydrogens (tertiary/aromatic N) is 1. The predicted octanol–water partition coefficient (Wildman–Crippen LogP) is 3.96. The van der Waals surface area contributed by atoms with Crippen molar-refractivity contribution in [2.75, 3.05) is 17.7 Å². The molecule has 0 aliphatic carbocycles. The van der Waals surface area contributed by atoms with Gasteiger partial charge in [0.1, 0.15) is 5.75 Å². The van der Waals surface area contributed by atoms with Crippen LogP contribution in [0.15, 0.2) is 54.7 Å². The number of aromatic nitrogens is 1. The number of anilines is 3. The molecule has 4 heteroatoms. The fourth-order valence-electron chi connectivity index (χ4n) is 2.29. The van der Waals surface area contributed by atoms with Gasteiger partial charge in [-0.05, 0) is 43.3 Å². The third-order valence-corrected chi connectivity index (χ3v) is 3.26. The summed E-state index contributed by atoms with van der Waals surface area (Å²) >= 11 is 0. The van der Waals surface area contributed by atoms with Crippen LogP contribution >= 0.6 is 0 Å². The molecule has 0 atom stereocenters. The third-order valence-electron chi connectivity index (χ3n) is 3.26. The number of hydrogen-bond acceptors (Lipinski definition) is 4. The van der Waals surface area contributed by atoms with Crippen LogP contribution in [0.3, 0.4) is 0 Å². The molecule has 0 radical (unpaired) electrons. The fraction of sp³-hybridized carbons (Fsp3) is 0.118. The van der Waals surface area contributed by atoms with Crippen LogP contribution < -0.4 is 15.8 Å². The van der Waals surface area contributed by atoms with E-state index in [-0.39, 0.29) is 0 Å². The van der Waals surface area contributed by atoms with E-state index >= 15 is 0 Å². The van der Waals surface area contributed by atoms with Crippen molar-refractivity contribution in [2.24, 2.45) is 0 Å². The molecule has 3 aromatic rings. The minimum atomic E-state index is 0.624. The predicted molar refractivity (Wildman–Crippen MR) is 87.0 cm³/mol. The first kappa shape index (κ1) is 13.2. The Hall–Kier alpha value is -2.75. The molecule has 3 N–H and O–H groups in total. The highest BCUT2D eigenvalue weighted by Crippen LogP contribution is 2.32. The summed E-state index contributed by atoms with van der Waals surface area (Å²) in [7, 11) is 0. The molecule has 1 heterocycles. The van der Waals surface area contributed by atoms with E-state index in [0.717, 1.165) is 33.7 Å². The average Bonchev–Trinajstić information content (AvgIpc) is 2.52. The molecule has 0 saturated carbocycles. The van der Waals surface area contributed by atoms with Gasteiger partial charge in [0.25, 0.3) is 0 Å². The number of pyridine rings is 1. The second-order valence-corrected chi connectivity index (χ2v) is 4.66. The van der Waals surface area contributed by atoms with E-state index in [0.29, 0.717) is 6.61 Å². The summed E-state index contributed by atoms with van der Waals surface area (Å²) in [6, 6.07) is 15.5. The van der Waals surface area contributed by atoms with Crippen LogP contribution in [0.25, 0.3) is 10.9 Å². The maximum Gasteiger partial charge on any atom is 0.142 e. The normalized spacial score (nSPS) is 10.5. The highest BCUT2D eigenvalue weighted by molar-refractivity contribution is 5.99. The maximum atomic E-state index is 6.00. The monoisotopic (exact) mass is 279 g/mol. The lowest BCUT2D eigenvalue weighted by molar-refractivity contribution is 0.342. The maximum absolute atomic E-state index is 6.00. The van der Waals surface area contributed by atoms with Crippen molar-refractivity contribution in [3.63, 3.8) is 0 Å². The van der Waals surface area contributed by atoms with Crippen molar-refractivity contribution in [1.29, 1.82) is 0 Å². The number of nitrogens with two attached hydrogens (primary N) is 1. The molecule has 0 spiro atoms. The molecule has 0 aliphatic rings. The zero-order chi connectivity index (χ0) is 14.7. The highest BCUT2D eigenvalue weighted by atomic mass is 16.5. The first-order valence-electron chi connectivity index (χ1n) is 6.91. The van der Waals surface area contributed by atoms with Crippen LogP contribution in [0, 0.1) is 0 Å². The molecular formula is C17H17N3O. The Bertz CT molecular complexity index is 771. The Morgan fingerprint density at radius 3 is 2.76 bits per heavy atom. The number of ether oxygens (including phenoxy) is 1. The summed E-state index contributed by atoms with van der Waals surface area (Å²) in [4.78, 5) is 4.43. The number of fused-ring (bicyclic) bond motifs is 1. The zero-order valence-corrected chi connectivity index (χ0v) is 11.8. The lowest BCUT2D eigenvalue weighted by Crippen LogP contribution is -1.99. The lowest BCUT2D eigenvalue weighted by Gasteiger charge is -2.14. The minimum Gasteiger partial charge on any atom is -0.492 e. The molecule has 0 fully saturated rings. The van der Waals surface area contributed by atoms with E-state index in [1.807, 2.05) is 55.5 Å². The van der Waals surface area contributed by atoms with Crippen LogP contribution in [0.2, 0.25) is 0 Å². The van der Waals surface area contributed by atoms with Crippen LogP contribution in [0.1, 0.15) is 6.92 Å². The average molecular weight is 279 g/mol. The van der Waals surface area contributed by atoms with Gasteiger partial charge < -0.3 is 15.8 Å². The molecular weight excluding hydrogens is 262 g/mol. The van der Waals surface area contributed by atoms with Gasteiger partial charge in [0.15, 0.2) is 0 Å². The van der Waals surface area contributed by atoms with Gasteiger partial charge in [-0.3, -0.25) is 4.98 Å². The number of benzene rings is 2. The largest absolute Gasteiger partial charge is 0.492 e. The standard InChI is InChI=1S/C17H17N3O/c1-2-21-16-8-4-3-7-14(16)20-15-10-9-13(18)12-6-5-11-19-17(12)15/h3-11,20H,2,18H2,1H3. The van der Waals surface area contributed by atoms with E-state index < -0.39 is 0 Å². The number of para-hydroxylation sites is 2. The van der Waals surface area contributed by atoms with E-state index in [1.54, 1.807) is 6.20 Å². The second-order valence-electron chi connectivity index (χ2n) is 4.66. The topological polar surface area (TPSA) is 60.2 Å². The Kier molecular flexibility index (Phi) is 3.60. The smallest absolute Gasteiger partial charge is 0.142 e. The summed E-state index contributed by atoms with van der Waals surface area (Å²) in [6.07, 6.45) is 1.77. The van der Waals surface area contributed by atoms with Gasteiger partial charge >= 0.3 is 0 Å². The van der Waals surface area contributed by atoms with E-state index in [1.165, 1.54) is 0 Å². The Balaban J connectivity index is 2.05. The zero-order valence-electron chi connectivity index (χ0n) is 11.8. The molecule has 0 unspecified atom stereocenters. The van der Waals surface area contributed by atoms with Crippen molar-refractivity contribution < 1.29 is 4.74 Å². The Morgan fingerprint density at radius 2 is 1.90 bits per heavy atom. The van der Waals surface area contributed by atoms with Crippen LogP contribution in [-0.4, -0.2) is 11.6 Å². The van der Waals surface area contributed by atoms with Crippen molar-refractivity contribution >= 4 is 28.0 Å². The third kappa shape index (κ3) is 2.60. The van der Waals surface area contributed by atoms with Gasteiger partial charge in [-0.15, -0.1) is 0 Å². The van der Waals surface area contributed by atoms with Crippen LogP contribution in [0.4, 0.5) is 17.1 Å². The fourth-order valence-corrected chi connectivity index (χ4v) is 2.29. The van der Waals surface area contributed by atoms with Crippen LogP contribution in [0.5, 0.6) is 5.75 Å². The minimum absolute atomic E-state index is 0.624. The molecule has 1 aromatic heterocycles. The van der Waals surface area contributed by atoms with Crippen LogP contribution in [-0.2, 0) is 0 Å². The van der Waals surface area contributed by atoms with Crippen molar-refractivity contribution in [3.05, 3.63) is 54.7 Å². The van der Waals surface area contributed by atoms with E-state index in [9.17, 15) is 0 Å². The number of hydrogen-bond donors (Lipinski definition) is 2. The summed E-state index contributed by atoms with van der Waals surface area (Å²) in [6.45, 7) is 2.59. The highest BCUT2D eigenvalue weighted by Gasteiger charge is 2.08. The quantitative estimate of drug-likeness (QED) is 0.710. The van der Waals surface area contributed by atoms with Crippen molar-refractivity contribution in [3.8, 4) is 5.75 Å². The number of nitrogens with one attached hydrogen (secondary N) is 1. The first-order chi connectivity index (χ1) is 10.3. The summed E-state index contributed by atoms with van der Waals surface area (Å²) in [5, 5.41) is 4.33. The Morgan fingerprint density at radius 1 is 1.05 bits per heavy atom. The molecule has 0 aliphatic heterocycles. The Labute approximate surface area is 123 Å². The molecule has 0 amide bonds. The molecule has 4 nitrogen and oxygen atoms in total. The number of rotatable bonds is 4. The van der Waals surface area contributed by atoms with Crippen molar-refractivity contribution in [2.45, 2.75) is 6.92 Å². The van der Waals surface area contributed by atoms with Crippen molar-refractivity contribution in [1.82, 2.24) is 4.98 Å². The van der Waals surface area contributed by atoms with Gasteiger partial charge in [0.2, 0.25) is 0 Å². The molecule has 2 aromatic carbocycles. The van der Waals surface area contributed by atoms with Gasteiger partial charge in [-0.2, -0.15) is 0 Å². The van der Waals surface area contributed by atoms with E-state index in [2.05, 4.69) is 10.3 Å². The summed E-state index contributed by atoms with van der Waals surface area (Å²) in [5.74, 6) is 0.820. The second kappa shape index (κ2) is 5.71. The molecule has 21 heavy (non-hydrogen) atoms. The molecule has 0 bridgehead atoms. The molecule has 106 valence electrons. The van der Waals surface area contributed by atoms with E-state index in [4.69, 9.17) is 10.5 Å². The summed E-state index contributed by atoms with van der Waals surface area (Å²) < 4.78 is 5.64. The SMILES string of the molecule is CCOc1ccccc1Nc1ccc(N)c2cccnc12. The van der Waals surface area contributed by atoms with Gasteiger partial charge in [0, 0.05) is 17.3 Å². The van der Waals surface area contributed by atoms with Gasteiger partial charge in [0.05, 0.1) is 23.5 Å².